The highest BCUT2D eigenvalue weighted by atomic mass is 79.9. The number of benzene rings is 3. The highest BCUT2D eigenvalue weighted by Gasteiger charge is 2.46. The van der Waals surface area contributed by atoms with Crippen LogP contribution in [-0.2, 0) is 11.0 Å². The number of halogens is 4. The fraction of sp³-hybridized carbons (Fsp3) is 0.226. The van der Waals surface area contributed by atoms with E-state index >= 15 is 0 Å². The van der Waals surface area contributed by atoms with Gasteiger partial charge in [-0.3, -0.25) is 4.79 Å². The third kappa shape index (κ3) is 6.91. The van der Waals surface area contributed by atoms with Gasteiger partial charge in [0.15, 0.2) is 0 Å². The van der Waals surface area contributed by atoms with E-state index in [2.05, 4.69) is 103 Å². The van der Waals surface area contributed by atoms with Crippen LogP contribution >= 0.6 is 7.26 Å². The molecule has 1 heterocycles. The van der Waals surface area contributed by atoms with Gasteiger partial charge in [0.05, 0.1) is 12.6 Å². The quantitative estimate of drug-likeness (QED) is 0.333. The molecule has 1 saturated carbocycles. The van der Waals surface area contributed by atoms with Gasteiger partial charge in [0.2, 0.25) is 0 Å². The zero-order valence-corrected chi connectivity index (χ0v) is 24.9. The maximum absolute atomic E-state index is 12.6. The number of aromatic nitrogens is 1. The molecular weight excluding hydrogens is 600 g/mol. The van der Waals surface area contributed by atoms with Crippen molar-refractivity contribution in [1.29, 1.82) is 0 Å². The number of hydrogen-bond donors (Lipinski definition) is 1. The van der Waals surface area contributed by atoms with Crippen molar-refractivity contribution in [2.45, 2.75) is 18.5 Å². The van der Waals surface area contributed by atoms with Gasteiger partial charge in [-0.05, 0) is 54.4 Å². The smallest absolute Gasteiger partial charge is 0.433 e. The Bertz CT molecular complexity index is 1310. The maximum atomic E-state index is 12.6. The van der Waals surface area contributed by atoms with Gasteiger partial charge in [0, 0.05) is 20.0 Å². The average molecular weight is 631 g/mol. The second kappa shape index (κ2) is 13.0. The topological polar surface area (TPSA) is 53.4 Å². The first-order valence-electron chi connectivity index (χ1n) is 12.5. The second-order valence-electron chi connectivity index (χ2n) is 9.80. The van der Waals surface area contributed by atoms with Gasteiger partial charge < -0.3 is 27.0 Å². The number of alkyl halides is 3. The number of carbonyl (C=O) groups is 1. The highest BCUT2D eigenvalue weighted by Crippen LogP contribution is 2.51. The third-order valence-electron chi connectivity index (χ3n) is 6.94. The Morgan fingerprint density at radius 1 is 0.825 bits per heavy atom. The first-order valence-corrected chi connectivity index (χ1v) is 14.8. The third-order valence-corrected chi connectivity index (χ3v) is 10.9. The number of carboxylic acid groups (broad SMARTS) is 1. The number of hydrogen-bond acceptors (Lipinski definition) is 3. The van der Waals surface area contributed by atoms with Crippen LogP contribution in [0.4, 0.5) is 19.0 Å². The molecule has 2 atom stereocenters. The van der Waals surface area contributed by atoms with E-state index in [9.17, 15) is 18.0 Å². The maximum Gasteiger partial charge on any atom is 0.433 e. The van der Waals surface area contributed by atoms with E-state index in [-0.39, 0.29) is 28.7 Å². The lowest BCUT2D eigenvalue weighted by molar-refractivity contribution is -0.141. The Morgan fingerprint density at radius 3 is 1.57 bits per heavy atom. The molecule has 2 unspecified atom stereocenters. The van der Waals surface area contributed by atoms with Crippen LogP contribution < -0.4 is 37.8 Å². The van der Waals surface area contributed by atoms with E-state index in [0.717, 1.165) is 6.07 Å². The van der Waals surface area contributed by atoms with Crippen molar-refractivity contribution in [3.63, 3.8) is 0 Å². The molecule has 9 heteroatoms. The minimum Gasteiger partial charge on any atom is -1.00 e. The molecule has 0 saturated heterocycles. The SMILES string of the molecule is CN(C)c1nc(C(F)(F)F)ccc1C1CC1C(=O)O.C[P+](c1ccccc1)(c1ccccc1)c1ccccc1.[Br-]. The van der Waals surface area contributed by atoms with Crippen molar-refractivity contribution < 1.29 is 40.1 Å². The predicted molar refractivity (Wildman–Crippen MR) is 153 cm³/mol. The number of anilines is 1. The van der Waals surface area contributed by atoms with Crippen molar-refractivity contribution in [2.24, 2.45) is 5.92 Å². The fourth-order valence-electron chi connectivity index (χ4n) is 4.70. The van der Waals surface area contributed by atoms with Crippen molar-refractivity contribution in [2.75, 3.05) is 25.7 Å². The molecule has 5 rings (SSSR count). The molecule has 1 aromatic heterocycles. The standard InChI is InChI=1S/C19H18P.C12H13F3N2O2.BrH/c1-20(17-11-5-2-6-12-17,18-13-7-3-8-14-18)19-15-9-4-10-16-19;1-17(2)10-6(7-5-8(7)11(18)19)3-4-9(16-10)12(13,14)15;/h2-16H,1H3;3-4,7-8H,5H2,1-2H3,(H,18,19);1H/q+1;;/p-1. The number of carboxylic acids is 1. The number of nitrogens with zero attached hydrogens (tertiary/aromatic N) is 2. The summed E-state index contributed by atoms with van der Waals surface area (Å²) in [7, 11) is 1.65. The summed E-state index contributed by atoms with van der Waals surface area (Å²) in [6.45, 7) is 2.41. The summed E-state index contributed by atoms with van der Waals surface area (Å²) < 4.78 is 37.8. The molecule has 0 spiro atoms. The van der Waals surface area contributed by atoms with Crippen LogP contribution in [0.3, 0.4) is 0 Å². The fourth-order valence-corrected chi connectivity index (χ4v) is 7.90. The van der Waals surface area contributed by atoms with Gasteiger partial charge in [0.25, 0.3) is 0 Å². The molecule has 1 aliphatic rings. The Hall–Kier alpha value is -3.22. The summed E-state index contributed by atoms with van der Waals surface area (Å²) in [5, 5.41) is 13.2. The van der Waals surface area contributed by atoms with E-state index in [1.807, 2.05) is 0 Å². The molecule has 210 valence electrons. The molecule has 4 aromatic rings. The Balaban J connectivity index is 0.000000215. The molecule has 1 fully saturated rings. The number of rotatable bonds is 6. The summed E-state index contributed by atoms with van der Waals surface area (Å²) in [5.74, 6) is -1.50. The molecule has 1 N–H and O–H groups in total. The van der Waals surface area contributed by atoms with Gasteiger partial charge in [-0.15, -0.1) is 0 Å². The van der Waals surface area contributed by atoms with Gasteiger partial charge in [-0.1, -0.05) is 60.7 Å². The van der Waals surface area contributed by atoms with Crippen LogP contribution in [0.2, 0.25) is 0 Å². The summed E-state index contributed by atoms with van der Waals surface area (Å²) in [6, 6.07) is 34.9. The van der Waals surface area contributed by atoms with Crippen LogP contribution in [0, 0.1) is 5.92 Å². The van der Waals surface area contributed by atoms with E-state index in [0.29, 0.717) is 12.0 Å². The minimum absolute atomic E-state index is 0. The van der Waals surface area contributed by atoms with Crippen molar-refractivity contribution in [3.8, 4) is 0 Å². The predicted octanol–water partition coefficient (Wildman–Crippen LogP) is 2.97. The summed E-state index contributed by atoms with van der Waals surface area (Å²) >= 11 is 0. The van der Waals surface area contributed by atoms with Crippen molar-refractivity contribution in [3.05, 3.63) is 114 Å². The van der Waals surface area contributed by atoms with Gasteiger partial charge in [0.1, 0.15) is 34.7 Å². The Morgan fingerprint density at radius 2 is 1.25 bits per heavy atom. The van der Waals surface area contributed by atoms with Crippen molar-refractivity contribution in [1.82, 2.24) is 4.98 Å². The van der Waals surface area contributed by atoms with Gasteiger partial charge >= 0.3 is 12.1 Å². The molecule has 3 aromatic carbocycles. The molecule has 0 aliphatic heterocycles. The number of pyridine rings is 1. The molecule has 0 radical (unpaired) electrons. The van der Waals surface area contributed by atoms with Gasteiger partial charge in [-0.2, -0.15) is 13.2 Å². The van der Waals surface area contributed by atoms with Crippen LogP contribution in [0.5, 0.6) is 0 Å². The summed E-state index contributed by atoms with van der Waals surface area (Å²) in [6.07, 6.45) is -4.05. The minimum atomic E-state index is -4.50. The van der Waals surface area contributed by atoms with Crippen LogP contribution in [0.1, 0.15) is 23.6 Å². The highest BCUT2D eigenvalue weighted by molar-refractivity contribution is 7.95. The van der Waals surface area contributed by atoms with E-state index in [1.165, 1.54) is 26.9 Å². The zero-order valence-electron chi connectivity index (χ0n) is 22.4. The molecule has 4 nitrogen and oxygen atoms in total. The van der Waals surface area contributed by atoms with Crippen LogP contribution in [0.15, 0.2) is 103 Å². The summed E-state index contributed by atoms with van der Waals surface area (Å²) in [4.78, 5) is 15.9. The largest absolute Gasteiger partial charge is 1.00 e. The molecule has 1 aliphatic carbocycles. The lowest BCUT2D eigenvalue weighted by Gasteiger charge is -2.22. The van der Waals surface area contributed by atoms with Crippen molar-refractivity contribution >= 4 is 35.0 Å². The zero-order chi connectivity index (χ0) is 28.2. The van der Waals surface area contributed by atoms with Gasteiger partial charge in [-0.25, -0.2) is 4.98 Å². The van der Waals surface area contributed by atoms with E-state index in [4.69, 9.17) is 5.11 Å². The monoisotopic (exact) mass is 630 g/mol. The molecule has 40 heavy (non-hydrogen) atoms. The Kier molecular flexibility index (Phi) is 10.1. The van der Waals surface area contributed by atoms with E-state index in [1.54, 1.807) is 14.1 Å². The summed E-state index contributed by atoms with van der Waals surface area (Å²) in [5.41, 5.74) is -0.405. The first kappa shape index (κ1) is 31.3. The van der Waals surface area contributed by atoms with Crippen LogP contribution in [-0.4, -0.2) is 36.8 Å². The number of aliphatic carboxylic acids is 1. The second-order valence-corrected chi connectivity index (χ2v) is 13.4. The average Bonchev–Trinajstić information content (AvgIpc) is 3.75. The van der Waals surface area contributed by atoms with Crippen LogP contribution in [0.25, 0.3) is 0 Å². The molecule has 0 bridgehead atoms. The molecular formula is C31H31BrF3N2O2P. The first-order chi connectivity index (χ1) is 18.5. The lowest BCUT2D eigenvalue weighted by Crippen LogP contribution is -3.00. The normalized spacial score (nSPS) is 16.1. The van der Waals surface area contributed by atoms with E-state index < -0.39 is 31.0 Å². The lowest BCUT2D eigenvalue weighted by atomic mass is 10.1. The Labute approximate surface area is 244 Å². The molecule has 0 amide bonds.